The number of nitrogens with zero attached hydrogens (tertiary/aromatic N) is 1. The van der Waals surface area contributed by atoms with Gasteiger partial charge in [-0.2, -0.15) is 0 Å². The lowest BCUT2D eigenvalue weighted by atomic mass is 10.1. The van der Waals surface area contributed by atoms with Gasteiger partial charge in [0.05, 0.1) is 12.7 Å². The molecule has 9 nitrogen and oxygen atoms in total. The Hall–Kier alpha value is -2.79. The SMILES string of the molecule is O=C(NCCc1csc2ccccc12)c1cn([C@H]2C[C@H](O)[C@@H](CO)O2)c(=O)[nH]c1=O. The summed E-state index contributed by atoms with van der Waals surface area (Å²) in [5.41, 5.74) is -0.669. The monoisotopic (exact) mass is 431 g/mol. The zero-order chi connectivity index (χ0) is 21.3. The number of aromatic amines is 1. The number of amides is 1. The average molecular weight is 431 g/mol. The molecule has 1 aliphatic heterocycles. The van der Waals surface area contributed by atoms with E-state index in [1.807, 2.05) is 29.6 Å². The molecule has 0 unspecified atom stereocenters. The molecule has 4 N–H and O–H groups in total. The van der Waals surface area contributed by atoms with Crippen LogP contribution in [0.2, 0.25) is 0 Å². The maximum absolute atomic E-state index is 12.5. The van der Waals surface area contributed by atoms with E-state index >= 15 is 0 Å². The fourth-order valence-corrected chi connectivity index (χ4v) is 4.54. The zero-order valence-electron chi connectivity index (χ0n) is 15.9. The minimum absolute atomic E-state index is 0.0590. The number of H-pyrrole nitrogens is 1. The maximum Gasteiger partial charge on any atom is 0.330 e. The van der Waals surface area contributed by atoms with Crippen LogP contribution in [0.1, 0.15) is 28.6 Å². The van der Waals surface area contributed by atoms with Gasteiger partial charge in [-0.15, -0.1) is 11.3 Å². The largest absolute Gasteiger partial charge is 0.394 e. The average Bonchev–Trinajstić information content (AvgIpc) is 3.31. The molecule has 3 aromatic rings. The van der Waals surface area contributed by atoms with Crippen molar-refractivity contribution >= 4 is 27.3 Å². The van der Waals surface area contributed by atoms with Crippen LogP contribution >= 0.6 is 11.3 Å². The summed E-state index contributed by atoms with van der Waals surface area (Å²) in [7, 11) is 0. The van der Waals surface area contributed by atoms with Gasteiger partial charge in [0, 0.05) is 23.9 Å². The zero-order valence-corrected chi connectivity index (χ0v) is 16.7. The maximum atomic E-state index is 12.5. The second-order valence-corrected chi connectivity index (χ2v) is 8.00. The molecule has 0 spiro atoms. The molecular weight excluding hydrogens is 410 g/mol. The van der Waals surface area contributed by atoms with Gasteiger partial charge in [-0.05, 0) is 28.8 Å². The summed E-state index contributed by atoms with van der Waals surface area (Å²) < 4.78 is 7.67. The minimum Gasteiger partial charge on any atom is -0.394 e. The van der Waals surface area contributed by atoms with Crippen LogP contribution in [0.5, 0.6) is 0 Å². The number of aromatic nitrogens is 2. The lowest BCUT2D eigenvalue weighted by Gasteiger charge is -2.15. The van der Waals surface area contributed by atoms with E-state index in [0.717, 1.165) is 21.7 Å². The Morgan fingerprint density at radius 2 is 2.13 bits per heavy atom. The van der Waals surface area contributed by atoms with Crippen LogP contribution in [-0.2, 0) is 11.2 Å². The van der Waals surface area contributed by atoms with Crippen molar-refractivity contribution in [3.8, 4) is 0 Å². The highest BCUT2D eigenvalue weighted by atomic mass is 32.1. The van der Waals surface area contributed by atoms with Gasteiger partial charge in [-0.3, -0.25) is 19.1 Å². The highest BCUT2D eigenvalue weighted by Crippen LogP contribution is 2.27. The number of nitrogens with one attached hydrogen (secondary N) is 2. The molecule has 0 radical (unpaired) electrons. The number of benzene rings is 1. The van der Waals surface area contributed by atoms with Gasteiger partial charge in [-0.1, -0.05) is 18.2 Å². The standard InChI is InChI=1S/C20H21N3O6S/c24-9-15-14(25)7-17(29-15)23-8-13(19(27)22-20(23)28)18(26)21-6-5-11-10-30-16-4-2-1-3-12(11)16/h1-4,8,10,14-15,17,24-25H,5-7,9H2,(H,21,26)(H,22,27,28)/t14-,15+,17+/m0/s1. The summed E-state index contributed by atoms with van der Waals surface area (Å²) in [4.78, 5) is 38.9. The van der Waals surface area contributed by atoms with Crippen LogP contribution in [-0.4, -0.2) is 51.0 Å². The third-order valence-electron chi connectivity index (χ3n) is 5.15. The van der Waals surface area contributed by atoms with Crippen molar-refractivity contribution < 1.29 is 19.7 Å². The van der Waals surface area contributed by atoms with Gasteiger partial charge in [0.15, 0.2) is 0 Å². The number of hydrogen-bond acceptors (Lipinski definition) is 7. The van der Waals surface area contributed by atoms with Crippen LogP contribution in [0.25, 0.3) is 10.1 Å². The van der Waals surface area contributed by atoms with Crippen molar-refractivity contribution in [1.29, 1.82) is 0 Å². The molecule has 0 aliphatic carbocycles. The molecule has 1 amide bonds. The van der Waals surface area contributed by atoms with Crippen molar-refractivity contribution in [2.24, 2.45) is 0 Å². The van der Waals surface area contributed by atoms with Crippen LogP contribution < -0.4 is 16.6 Å². The van der Waals surface area contributed by atoms with Crippen molar-refractivity contribution in [3.05, 3.63) is 67.8 Å². The van der Waals surface area contributed by atoms with Crippen molar-refractivity contribution in [2.45, 2.75) is 31.3 Å². The number of hydrogen-bond donors (Lipinski definition) is 4. The molecule has 3 heterocycles. The molecule has 1 aromatic carbocycles. The lowest BCUT2D eigenvalue weighted by Crippen LogP contribution is -2.38. The predicted octanol–water partition coefficient (Wildman–Crippen LogP) is 0.364. The summed E-state index contributed by atoms with van der Waals surface area (Å²) >= 11 is 1.63. The van der Waals surface area contributed by atoms with Gasteiger partial charge in [0.1, 0.15) is 17.9 Å². The number of ether oxygens (including phenoxy) is 1. The first kappa shape index (κ1) is 20.5. The fraction of sp³-hybridized carbons (Fsp3) is 0.350. The normalized spacial score (nSPS) is 21.2. The van der Waals surface area contributed by atoms with Gasteiger partial charge in [0.2, 0.25) is 0 Å². The van der Waals surface area contributed by atoms with E-state index in [-0.39, 0.29) is 12.0 Å². The predicted molar refractivity (Wildman–Crippen MR) is 111 cm³/mol. The molecule has 4 rings (SSSR count). The molecule has 1 saturated heterocycles. The number of carbonyl (C=O) groups is 1. The Labute approximate surface area is 174 Å². The molecule has 1 aliphatic rings. The van der Waals surface area contributed by atoms with Crippen molar-refractivity contribution in [3.63, 3.8) is 0 Å². The first-order valence-corrected chi connectivity index (χ1v) is 10.4. The molecule has 0 saturated carbocycles. The topological polar surface area (TPSA) is 134 Å². The van der Waals surface area contributed by atoms with Gasteiger partial charge < -0.3 is 20.3 Å². The summed E-state index contributed by atoms with van der Waals surface area (Å²) in [5.74, 6) is -0.609. The van der Waals surface area contributed by atoms with Crippen molar-refractivity contribution in [2.75, 3.05) is 13.2 Å². The summed E-state index contributed by atoms with van der Waals surface area (Å²) in [6.07, 6.45) is -0.867. The highest BCUT2D eigenvalue weighted by molar-refractivity contribution is 7.17. The van der Waals surface area contributed by atoms with E-state index in [4.69, 9.17) is 4.74 Å². The Balaban J connectivity index is 1.47. The molecule has 3 atom stereocenters. The first-order valence-electron chi connectivity index (χ1n) is 9.51. The molecule has 0 bridgehead atoms. The second kappa shape index (κ2) is 8.52. The number of carbonyl (C=O) groups excluding carboxylic acids is 1. The summed E-state index contributed by atoms with van der Waals surface area (Å²) in [5, 5.41) is 25.0. The molecule has 10 heteroatoms. The molecule has 1 fully saturated rings. The van der Waals surface area contributed by atoms with E-state index < -0.39 is 42.2 Å². The van der Waals surface area contributed by atoms with Gasteiger partial charge >= 0.3 is 5.69 Å². The molecule has 158 valence electrons. The number of aliphatic hydroxyl groups excluding tert-OH is 2. The first-order chi connectivity index (χ1) is 14.5. The lowest BCUT2D eigenvalue weighted by molar-refractivity contribution is -0.0459. The van der Waals surface area contributed by atoms with Gasteiger partial charge in [-0.25, -0.2) is 4.79 Å². The van der Waals surface area contributed by atoms with Crippen LogP contribution in [0, 0.1) is 0 Å². The quantitative estimate of drug-likeness (QED) is 0.445. The Morgan fingerprint density at radius 1 is 1.33 bits per heavy atom. The molecule has 2 aromatic heterocycles. The highest BCUT2D eigenvalue weighted by Gasteiger charge is 2.35. The third-order valence-corrected chi connectivity index (χ3v) is 6.16. The number of rotatable bonds is 6. The molecule has 30 heavy (non-hydrogen) atoms. The Bertz CT molecular complexity index is 1180. The minimum atomic E-state index is -0.948. The van der Waals surface area contributed by atoms with E-state index in [0.29, 0.717) is 13.0 Å². The molecular formula is C20H21N3O6S. The Kier molecular flexibility index (Phi) is 5.82. The van der Waals surface area contributed by atoms with Crippen LogP contribution in [0.15, 0.2) is 45.4 Å². The number of fused-ring (bicyclic) bond motifs is 1. The summed E-state index contributed by atoms with van der Waals surface area (Å²) in [6.45, 7) is -0.0796. The fourth-order valence-electron chi connectivity index (χ4n) is 3.54. The van der Waals surface area contributed by atoms with E-state index in [1.165, 1.54) is 4.70 Å². The Morgan fingerprint density at radius 3 is 2.90 bits per heavy atom. The van der Waals surface area contributed by atoms with Crippen molar-refractivity contribution in [1.82, 2.24) is 14.9 Å². The van der Waals surface area contributed by atoms with E-state index in [9.17, 15) is 24.6 Å². The van der Waals surface area contributed by atoms with E-state index in [1.54, 1.807) is 11.3 Å². The van der Waals surface area contributed by atoms with Crippen LogP contribution in [0.3, 0.4) is 0 Å². The van der Waals surface area contributed by atoms with Gasteiger partial charge in [0.25, 0.3) is 11.5 Å². The smallest absolute Gasteiger partial charge is 0.330 e. The van der Waals surface area contributed by atoms with Crippen LogP contribution in [0.4, 0.5) is 0 Å². The number of thiophene rings is 1. The van der Waals surface area contributed by atoms with E-state index in [2.05, 4.69) is 10.3 Å². The summed E-state index contributed by atoms with van der Waals surface area (Å²) in [6, 6.07) is 8.00. The number of aliphatic hydroxyl groups is 2. The third kappa shape index (κ3) is 3.94. The second-order valence-electron chi connectivity index (χ2n) is 7.09.